The van der Waals surface area contributed by atoms with Crippen molar-refractivity contribution in [1.82, 2.24) is 0 Å². The second-order valence-electron chi connectivity index (χ2n) is 2.93. The SMILES string of the molecule is CCOC(=O)/C=N/Nc1ccc([N+](=O)[O-])cc1. The first kappa shape index (κ1) is 12.6. The van der Waals surface area contributed by atoms with Crippen molar-refractivity contribution in [2.24, 2.45) is 5.10 Å². The summed E-state index contributed by atoms with van der Waals surface area (Å²) in [6.45, 7) is 1.97. The van der Waals surface area contributed by atoms with E-state index in [2.05, 4.69) is 15.3 Å². The Bertz CT molecular complexity index is 428. The van der Waals surface area contributed by atoms with E-state index < -0.39 is 10.9 Å². The molecular formula is C10H11N3O4. The second kappa shape index (κ2) is 6.21. The molecule has 7 heteroatoms. The largest absolute Gasteiger partial charge is 0.462 e. The van der Waals surface area contributed by atoms with Crippen LogP contribution >= 0.6 is 0 Å². The first-order chi connectivity index (χ1) is 8.13. The summed E-state index contributed by atoms with van der Waals surface area (Å²) in [5.41, 5.74) is 3.07. The van der Waals surface area contributed by atoms with E-state index in [9.17, 15) is 14.9 Å². The number of carbonyl (C=O) groups excluding carboxylic acids is 1. The monoisotopic (exact) mass is 237 g/mol. The molecule has 0 fully saturated rings. The Morgan fingerprint density at radius 2 is 2.18 bits per heavy atom. The number of esters is 1. The minimum absolute atomic E-state index is 0.00933. The topological polar surface area (TPSA) is 93.8 Å². The standard InChI is InChI=1S/C10H11N3O4/c1-2-17-10(14)7-11-12-8-3-5-9(6-4-8)13(15)16/h3-7,12H,2H2,1H3/b11-7+. The van der Waals surface area contributed by atoms with Gasteiger partial charge < -0.3 is 4.74 Å². The Morgan fingerprint density at radius 3 is 2.71 bits per heavy atom. The van der Waals surface area contributed by atoms with Crippen LogP contribution in [0.4, 0.5) is 11.4 Å². The third-order valence-electron chi connectivity index (χ3n) is 1.73. The van der Waals surface area contributed by atoms with E-state index in [0.717, 1.165) is 6.21 Å². The zero-order chi connectivity index (χ0) is 12.7. The number of hydrazone groups is 1. The van der Waals surface area contributed by atoms with Crippen molar-refractivity contribution >= 4 is 23.6 Å². The van der Waals surface area contributed by atoms with Crippen LogP contribution in [0.3, 0.4) is 0 Å². The average Bonchev–Trinajstić information content (AvgIpc) is 2.30. The molecule has 0 unspecified atom stereocenters. The summed E-state index contributed by atoms with van der Waals surface area (Å²) in [4.78, 5) is 20.8. The van der Waals surface area contributed by atoms with Crippen LogP contribution in [-0.4, -0.2) is 23.7 Å². The normalized spacial score (nSPS) is 10.2. The van der Waals surface area contributed by atoms with Crippen LogP contribution in [0.15, 0.2) is 29.4 Å². The summed E-state index contributed by atoms with van der Waals surface area (Å²) in [6.07, 6.45) is 0.991. The van der Waals surface area contributed by atoms with E-state index in [-0.39, 0.29) is 12.3 Å². The van der Waals surface area contributed by atoms with Gasteiger partial charge in [0.25, 0.3) is 5.69 Å². The van der Waals surface area contributed by atoms with Crippen LogP contribution in [-0.2, 0) is 9.53 Å². The molecule has 0 bridgehead atoms. The van der Waals surface area contributed by atoms with Crippen LogP contribution in [0.25, 0.3) is 0 Å². The molecular weight excluding hydrogens is 226 g/mol. The summed E-state index contributed by atoms with van der Waals surface area (Å²) >= 11 is 0. The fraction of sp³-hybridized carbons (Fsp3) is 0.200. The van der Waals surface area contributed by atoms with Gasteiger partial charge in [-0.25, -0.2) is 4.79 Å². The summed E-state index contributed by atoms with van der Waals surface area (Å²) in [6, 6.07) is 5.64. The van der Waals surface area contributed by atoms with Crippen molar-refractivity contribution in [3.63, 3.8) is 0 Å². The smallest absolute Gasteiger partial charge is 0.351 e. The highest BCUT2D eigenvalue weighted by Crippen LogP contribution is 2.14. The molecule has 7 nitrogen and oxygen atoms in total. The number of nitrogens with zero attached hydrogens (tertiary/aromatic N) is 2. The zero-order valence-electron chi connectivity index (χ0n) is 9.12. The van der Waals surface area contributed by atoms with Crippen molar-refractivity contribution in [2.45, 2.75) is 6.92 Å². The maximum atomic E-state index is 10.9. The van der Waals surface area contributed by atoms with Gasteiger partial charge in [-0.2, -0.15) is 5.10 Å². The van der Waals surface area contributed by atoms with Gasteiger partial charge in [-0.15, -0.1) is 0 Å². The number of hydrogen-bond donors (Lipinski definition) is 1. The fourth-order valence-corrected chi connectivity index (χ4v) is 0.997. The maximum absolute atomic E-state index is 10.9. The van der Waals surface area contributed by atoms with Crippen LogP contribution < -0.4 is 5.43 Å². The number of nitro groups is 1. The molecule has 0 radical (unpaired) electrons. The minimum atomic E-state index is -0.554. The molecule has 0 aliphatic heterocycles. The number of anilines is 1. The quantitative estimate of drug-likeness (QED) is 0.363. The first-order valence-electron chi connectivity index (χ1n) is 4.83. The molecule has 17 heavy (non-hydrogen) atoms. The van der Waals surface area contributed by atoms with Gasteiger partial charge in [0.1, 0.15) is 6.21 Å². The van der Waals surface area contributed by atoms with Crippen LogP contribution in [0.1, 0.15) is 6.92 Å². The van der Waals surface area contributed by atoms with Gasteiger partial charge >= 0.3 is 5.97 Å². The number of nitrogens with one attached hydrogen (secondary N) is 1. The number of carbonyl (C=O) groups is 1. The van der Waals surface area contributed by atoms with Crippen molar-refractivity contribution in [3.8, 4) is 0 Å². The summed E-state index contributed by atoms with van der Waals surface area (Å²) in [5, 5.41) is 14.0. The Labute approximate surface area is 97.2 Å². The zero-order valence-corrected chi connectivity index (χ0v) is 9.12. The van der Waals surface area contributed by atoms with Crippen molar-refractivity contribution in [3.05, 3.63) is 34.4 Å². The molecule has 1 aromatic rings. The molecule has 1 N–H and O–H groups in total. The van der Waals surface area contributed by atoms with E-state index in [4.69, 9.17) is 0 Å². The van der Waals surface area contributed by atoms with Gasteiger partial charge in [0.15, 0.2) is 0 Å². The Kier molecular flexibility index (Phi) is 4.61. The molecule has 0 heterocycles. The van der Waals surface area contributed by atoms with E-state index in [0.29, 0.717) is 5.69 Å². The lowest BCUT2D eigenvalue weighted by Gasteiger charge is -1.99. The van der Waals surface area contributed by atoms with Crippen molar-refractivity contribution < 1.29 is 14.5 Å². The Morgan fingerprint density at radius 1 is 1.53 bits per heavy atom. The number of benzene rings is 1. The molecule has 0 saturated heterocycles. The number of non-ortho nitro benzene ring substituents is 1. The average molecular weight is 237 g/mol. The third kappa shape index (κ3) is 4.29. The molecule has 0 atom stereocenters. The molecule has 90 valence electrons. The van der Waals surface area contributed by atoms with Gasteiger partial charge in [0.05, 0.1) is 17.2 Å². The van der Waals surface area contributed by atoms with E-state index in [1.165, 1.54) is 24.3 Å². The third-order valence-corrected chi connectivity index (χ3v) is 1.73. The Balaban J connectivity index is 2.52. The molecule has 0 saturated carbocycles. The van der Waals surface area contributed by atoms with Crippen molar-refractivity contribution in [1.29, 1.82) is 0 Å². The number of rotatable bonds is 5. The highest BCUT2D eigenvalue weighted by molar-refractivity contribution is 6.23. The predicted molar refractivity (Wildman–Crippen MR) is 61.8 cm³/mol. The van der Waals surface area contributed by atoms with Crippen LogP contribution in [0.2, 0.25) is 0 Å². The highest BCUT2D eigenvalue weighted by Gasteiger charge is 2.02. The highest BCUT2D eigenvalue weighted by atomic mass is 16.6. The molecule has 0 aliphatic rings. The van der Waals surface area contributed by atoms with Gasteiger partial charge in [-0.05, 0) is 19.1 Å². The maximum Gasteiger partial charge on any atom is 0.351 e. The summed E-state index contributed by atoms with van der Waals surface area (Å²) < 4.78 is 4.61. The first-order valence-corrected chi connectivity index (χ1v) is 4.83. The summed E-state index contributed by atoms with van der Waals surface area (Å²) in [5.74, 6) is -0.554. The van der Waals surface area contributed by atoms with Gasteiger partial charge in [-0.3, -0.25) is 15.5 Å². The second-order valence-corrected chi connectivity index (χ2v) is 2.93. The van der Waals surface area contributed by atoms with Crippen LogP contribution in [0.5, 0.6) is 0 Å². The van der Waals surface area contributed by atoms with Crippen LogP contribution in [0, 0.1) is 10.1 Å². The van der Waals surface area contributed by atoms with Gasteiger partial charge in [0.2, 0.25) is 0 Å². The molecule has 0 aromatic heterocycles. The molecule has 0 spiro atoms. The van der Waals surface area contributed by atoms with Crippen molar-refractivity contribution in [2.75, 3.05) is 12.0 Å². The molecule has 1 rings (SSSR count). The lowest BCUT2D eigenvalue weighted by atomic mass is 10.3. The minimum Gasteiger partial charge on any atom is -0.462 e. The predicted octanol–water partition coefficient (Wildman–Crippen LogP) is 1.56. The number of ether oxygens (including phenoxy) is 1. The molecule has 0 amide bonds. The lowest BCUT2D eigenvalue weighted by molar-refractivity contribution is -0.384. The van der Waals surface area contributed by atoms with E-state index >= 15 is 0 Å². The lowest BCUT2D eigenvalue weighted by Crippen LogP contribution is -2.06. The van der Waals surface area contributed by atoms with Gasteiger partial charge in [0, 0.05) is 12.1 Å². The van der Waals surface area contributed by atoms with E-state index in [1.54, 1.807) is 6.92 Å². The number of hydrogen-bond acceptors (Lipinski definition) is 6. The summed E-state index contributed by atoms with van der Waals surface area (Å²) in [7, 11) is 0. The fourth-order valence-electron chi connectivity index (χ4n) is 0.997. The number of nitro benzene ring substituents is 1. The molecule has 0 aliphatic carbocycles. The molecule has 1 aromatic carbocycles. The van der Waals surface area contributed by atoms with E-state index in [1.807, 2.05) is 0 Å². The van der Waals surface area contributed by atoms with Gasteiger partial charge in [-0.1, -0.05) is 0 Å². The Hall–Kier alpha value is -2.44.